The van der Waals surface area contributed by atoms with Gasteiger partial charge in [0.25, 0.3) is 0 Å². The van der Waals surface area contributed by atoms with Gasteiger partial charge >= 0.3 is 0 Å². The van der Waals surface area contributed by atoms with Crippen LogP contribution in [-0.2, 0) is 6.42 Å². The van der Waals surface area contributed by atoms with Crippen LogP contribution in [0.15, 0.2) is 48.5 Å². The summed E-state index contributed by atoms with van der Waals surface area (Å²) in [4.78, 5) is 0. The first-order valence-corrected chi connectivity index (χ1v) is 7.68. The zero-order valence-electron chi connectivity index (χ0n) is 11.6. The first-order valence-electron chi connectivity index (χ1n) is 6.93. The molecule has 0 heterocycles. The quantitative estimate of drug-likeness (QED) is 0.766. The zero-order valence-corrected chi connectivity index (χ0v) is 13.1. The molecule has 2 rings (SSSR count). The lowest BCUT2D eigenvalue weighted by Crippen LogP contribution is -2.24. The predicted molar refractivity (Wildman–Crippen MR) is 87.6 cm³/mol. The number of benzene rings is 2. The molecule has 3 heteroatoms. The summed E-state index contributed by atoms with van der Waals surface area (Å²) in [6, 6.07) is 16.6. The van der Waals surface area contributed by atoms with Gasteiger partial charge in [0.1, 0.15) is 0 Å². The molecular formula is C17H19Cl2N. The van der Waals surface area contributed by atoms with Gasteiger partial charge in [0.15, 0.2) is 0 Å². The Morgan fingerprint density at radius 3 is 2.40 bits per heavy atom. The van der Waals surface area contributed by atoms with E-state index in [4.69, 9.17) is 23.2 Å². The molecule has 0 saturated carbocycles. The molecule has 1 unspecified atom stereocenters. The minimum absolute atomic E-state index is 0.257. The van der Waals surface area contributed by atoms with E-state index in [9.17, 15) is 0 Å². The number of hydrogen-bond donors (Lipinski definition) is 1. The maximum atomic E-state index is 6.14. The molecule has 2 aromatic rings. The topological polar surface area (TPSA) is 12.0 Å². The van der Waals surface area contributed by atoms with Crippen LogP contribution in [0.4, 0.5) is 0 Å². The SMILES string of the molecule is CCCNC(Cc1ccccc1)c1ccc(Cl)c(Cl)c1. The van der Waals surface area contributed by atoms with E-state index < -0.39 is 0 Å². The zero-order chi connectivity index (χ0) is 14.4. The van der Waals surface area contributed by atoms with Crippen molar-refractivity contribution in [3.63, 3.8) is 0 Å². The number of halogens is 2. The molecule has 1 nitrogen and oxygen atoms in total. The van der Waals surface area contributed by atoms with Crippen molar-refractivity contribution in [3.8, 4) is 0 Å². The highest BCUT2D eigenvalue weighted by atomic mass is 35.5. The Kier molecular flexibility index (Phi) is 5.90. The van der Waals surface area contributed by atoms with Gasteiger partial charge in [-0.15, -0.1) is 0 Å². The third kappa shape index (κ3) is 4.24. The molecule has 2 aromatic carbocycles. The standard InChI is InChI=1S/C17H19Cl2N/c1-2-10-20-17(11-13-6-4-3-5-7-13)14-8-9-15(18)16(19)12-14/h3-9,12,17,20H,2,10-11H2,1H3. The van der Waals surface area contributed by atoms with Gasteiger partial charge in [0.2, 0.25) is 0 Å². The van der Waals surface area contributed by atoms with Gasteiger partial charge in [-0.25, -0.2) is 0 Å². The van der Waals surface area contributed by atoms with Crippen LogP contribution >= 0.6 is 23.2 Å². The van der Waals surface area contributed by atoms with E-state index in [2.05, 4.69) is 36.5 Å². The van der Waals surface area contributed by atoms with Gasteiger partial charge in [0, 0.05) is 6.04 Å². The first kappa shape index (κ1) is 15.4. The fourth-order valence-corrected chi connectivity index (χ4v) is 2.51. The summed E-state index contributed by atoms with van der Waals surface area (Å²) in [5.74, 6) is 0. The summed E-state index contributed by atoms with van der Waals surface area (Å²) in [7, 11) is 0. The van der Waals surface area contributed by atoms with Crippen molar-refractivity contribution in [2.75, 3.05) is 6.54 Å². The van der Waals surface area contributed by atoms with Crippen LogP contribution in [0.1, 0.15) is 30.5 Å². The molecule has 0 radical (unpaired) electrons. The van der Waals surface area contributed by atoms with Crippen molar-refractivity contribution in [2.24, 2.45) is 0 Å². The lowest BCUT2D eigenvalue weighted by atomic mass is 9.99. The maximum Gasteiger partial charge on any atom is 0.0595 e. The smallest absolute Gasteiger partial charge is 0.0595 e. The second kappa shape index (κ2) is 7.68. The second-order valence-corrected chi connectivity index (χ2v) is 5.68. The fourth-order valence-electron chi connectivity index (χ4n) is 2.21. The lowest BCUT2D eigenvalue weighted by molar-refractivity contribution is 0.529. The molecule has 0 saturated heterocycles. The van der Waals surface area contributed by atoms with Crippen LogP contribution in [0.3, 0.4) is 0 Å². The van der Waals surface area contributed by atoms with Crippen LogP contribution in [0.2, 0.25) is 10.0 Å². The number of hydrogen-bond acceptors (Lipinski definition) is 1. The van der Waals surface area contributed by atoms with E-state index in [0.717, 1.165) is 19.4 Å². The molecule has 0 amide bonds. The molecular weight excluding hydrogens is 289 g/mol. The van der Waals surface area contributed by atoms with Crippen molar-refractivity contribution < 1.29 is 0 Å². The summed E-state index contributed by atoms with van der Waals surface area (Å²) in [6.07, 6.45) is 2.05. The van der Waals surface area contributed by atoms with Gasteiger partial charge in [0.05, 0.1) is 10.0 Å². The molecule has 1 atom stereocenters. The normalized spacial score (nSPS) is 12.3. The minimum atomic E-state index is 0.257. The second-order valence-electron chi connectivity index (χ2n) is 4.87. The summed E-state index contributed by atoms with van der Waals surface area (Å²) in [5, 5.41) is 4.79. The summed E-state index contributed by atoms with van der Waals surface area (Å²) in [6.45, 7) is 3.15. The monoisotopic (exact) mass is 307 g/mol. The molecule has 106 valence electrons. The molecule has 0 bridgehead atoms. The molecule has 0 aliphatic heterocycles. The van der Waals surface area contributed by atoms with E-state index in [-0.39, 0.29) is 6.04 Å². The summed E-state index contributed by atoms with van der Waals surface area (Å²) < 4.78 is 0. The molecule has 1 N–H and O–H groups in total. The Morgan fingerprint density at radius 2 is 1.75 bits per heavy atom. The number of rotatable bonds is 6. The molecule has 0 aromatic heterocycles. The minimum Gasteiger partial charge on any atom is -0.310 e. The third-order valence-electron chi connectivity index (χ3n) is 3.27. The Morgan fingerprint density at radius 1 is 1.00 bits per heavy atom. The van der Waals surface area contributed by atoms with Crippen molar-refractivity contribution in [2.45, 2.75) is 25.8 Å². The number of nitrogens with one attached hydrogen (secondary N) is 1. The maximum absolute atomic E-state index is 6.14. The van der Waals surface area contributed by atoms with Gasteiger partial charge in [-0.2, -0.15) is 0 Å². The van der Waals surface area contributed by atoms with E-state index in [1.807, 2.05) is 24.3 Å². The van der Waals surface area contributed by atoms with Crippen LogP contribution in [0.25, 0.3) is 0 Å². The van der Waals surface area contributed by atoms with Crippen molar-refractivity contribution in [1.82, 2.24) is 5.32 Å². The highest BCUT2D eigenvalue weighted by molar-refractivity contribution is 6.42. The van der Waals surface area contributed by atoms with Crippen molar-refractivity contribution >= 4 is 23.2 Å². The molecule has 0 aliphatic carbocycles. The Balaban J connectivity index is 2.20. The van der Waals surface area contributed by atoms with Crippen LogP contribution in [-0.4, -0.2) is 6.54 Å². The van der Waals surface area contributed by atoms with Crippen LogP contribution < -0.4 is 5.32 Å². The molecule has 20 heavy (non-hydrogen) atoms. The Hall–Kier alpha value is -1.02. The Labute approximate surface area is 130 Å². The average molecular weight is 308 g/mol. The fraction of sp³-hybridized carbons (Fsp3) is 0.294. The summed E-state index contributed by atoms with van der Waals surface area (Å²) in [5.41, 5.74) is 2.49. The van der Waals surface area contributed by atoms with E-state index in [0.29, 0.717) is 10.0 Å². The van der Waals surface area contributed by atoms with Crippen molar-refractivity contribution in [1.29, 1.82) is 0 Å². The van der Waals surface area contributed by atoms with Gasteiger partial charge in [-0.05, 0) is 42.6 Å². The van der Waals surface area contributed by atoms with E-state index >= 15 is 0 Å². The molecule has 0 spiro atoms. The Bertz CT molecular complexity index is 540. The largest absolute Gasteiger partial charge is 0.310 e. The highest BCUT2D eigenvalue weighted by Gasteiger charge is 2.12. The molecule has 0 fully saturated rings. The predicted octanol–water partition coefficient (Wildman–Crippen LogP) is 5.28. The van der Waals surface area contributed by atoms with E-state index in [1.54, 1.807) is 0 Å². The van der Waals surface area contributed by atoms with Crippen LogP contribution in [0, 0.1) is 0 Å². The van der Waals surface area contributed by atoms with Gasteiger partial charge in [-0.3, -0.25) is 0 Å². The van der Waals surface area contributed by atoms with Gasteiger partial charge in [-0.1, -0.05) is 66.5 Å². The van der Waals surface area contributed by atoms with E-state index in [1.165, 1.54) is 11.1 Å². The molecule has 0 aliphatic rings. The van der Waals surface area contributed by atoms with Crippen LogP contribution in [0.5, 0.6) is 0 Å². The van der Waals surface area contributed by atoms with Crippen molar-refractivity contribution in [3.05, 3.63) is 69.7 Å². The lowest BCUT2D eigenvalue weighted by Gasteiger charge is -2.19. The average Bonchev–Trinajstić information content (AvgIpc) is 2.47. The highest BCUT2D eigenvalue weighted by Crippen LogP contribution is 2.27. The third-order valence-corrected chi connectivity index (χ3v) is 4.01. The van der Waals surface area contributed by atoms with Gasteiger partial charge < -0.3 is 5.32 Å². The summed E-state index contributed by atoms with van der Waals surface area (Å²) >= 11 is 12.1. The first-order chi connectivity index (χ1) is 9.70.